The van der Waals surface area contributed by atoms with E-state index < -0.39 is 0 Å². The van der Waals surface area contributed by atoms with Crippen LogP contribution in [0, 0.1) is 0 Å². The number of nitrogens with zero attached hydrogens (tertiary/aromatic N) is 3. The molecule has 0 radical (unpaired) electrons. The van der Waals surface area contributed by atoms with Crippen LogP contribution in [0.25, 0.3) is 0 Å². The predicted molar refractivity (Wildman–Crippen MR) is 106 cm³/mol. The number of ketones is 1. The van der Waals surface area contributed by atoms with Gasteiger partial charge in [0.2, 0.25) is 11.9 Å². The summed E-state index contributed by atoms with van der Waals surface area (Å²) in [5, 5.41) is 10.3. The number of nitrogens with two attached hydrogens (primary N) is 1. The first-order valence-electron chi connectivity index (χ1n) is 8.64. The Kier molecular flexibility index (Phi) is 3.80. The maximum absolute atomic E-state index is 13.2. The average molecular weight is 398 g/mol. The molecule has 2 aliphatic rings. The lowest BCUT2D eigenvalue weighted by molar-refractivity contribution is -0.116. The van der Waals surface area contributed by atoms with Crippen molar-refractivity contribution in [1.82, 2.24) is 14.8 Å². The van der Waals surface area contributed by atoms with Gasteiger partial charge in [0.05, 0.1) is 0 Å². The monoisotopic (exact) mass is 397 g/mol. The first kappa shape index (κ1) is 16.5. The first-order chi connectivity index (χ1) is 13.1. The number of anilines is 2. The Bertz CT molecular complexity index is 1070. The summed E-state index contributed by atoms with van der Waals surface area (Å²) >= 11 is 7.90. The number of allylic oxidation sites excluding steroid dienone is 2. The zero-order valence-corrected chi connectivity index (χ0v) is 15.8. The van der Waals surface area contributed by atoms with Crippen LogP contribution in [-0.2, 0) is 4.79 Å². The third-order valence-electron chi connectivity index (χ3n) is 5.05. The number of nitrogen functional groups attached to an aromatic ring is 1. The van der Waals surface area contributed by atoms with Gasteiger partial charge in [-0.25, -0.2) is 4.68 Å². The molecule has 0 fully saturated rings. The van der Waals surface area contributed by atoms with Crippen molar-refractivity contribution < 1.29 is 4.79 Å². The minimum absolute atomic E-state index is 0.117. The van der Waals surface area contributed by atoms with Gasteiger partial charge in [0, 0.05) is 33.5 Å². The van der Waals surface area contributed by atoms with Gasteiger partial charge >= 0.3 is 0 Å². The van der Waals surface area contributed by atoms with Crippen LogP contribution in [0.1, 0.15) is 35.2 Å². The highest BCUT2D eigenvalue weighted by atomic mass is 35.5. The van der Waals surface area contributed by atoms with Crippen molar-refractivity contribution >= 4 is 40.6 Å². The summed E-state index contributed by atoms with van der Waals surface area (Å²) in [5.41, 5.74) is 8.36. The molecule has 136 valence electrons. The molecule has 3 aromatic rings. The molecule has 0 bridgehead atoms. The number of benzene rings is 1. The van der Waals surface area contributed by atoms with Crippen molar-refractivity contribution in [3.8, 4) is 0 Å². The molecule has 2 aromatic heterocycles. The number of carbonyl (C=O) groups excluding carboxylic acids is 1. The highest BCUT2D eigenvalue weighted by Gasteiger charge is 2.39. The predicted octanol–water partition coefficient (Wildman–Crippen LogP) is 3.99. The van der Waals surface area contributed by atoms with Crippen molar-refractivity contribution in [2.45, 2.75) is 24.8 Å². The van der Waals surface area contributed by atoms with E-state index in [0.29, 0.717) is 17.4 Å². The molecule has 2 unspecified atom stereocenters. The standard InChI is InChI=1S/C19H16ClN5OS/c20-12-4-1-3-10(7-12)17-16-13(22-19-23-18(21)24-25(17)19)8-11(9-14(16)26)15-5-2-6-27-15/h1-7,11,17H,8-9H2,(H3,21,22,23,24). The smallest absolute Gasteiger partial charge is 0.241 e. The summed E-state index contributed by atoms with van der Waals surface area (Å²) in [6.07, 6.45) is 1.24. The number of carbonyl (C=O) groups is 1. The molecule has 6 nitrogen and oxygen atoms in total. The molecule has 8 heteroatoms. The summed E-state index contributed by atoms with van der Waals surface area (Å²) < 4.78 is 1.68. The lowest BCUT2D eigenvalue weighted by Gasteiger charge is -2.34. The van der Waals surface area contributed by atoms with Crippen molar-refractivity contribution in [3.63, 3.8) is 0 Å². The molecule has 0 saturated heterocycles. The molecular weight excluding hydrogens is 382 g/mol. The van der Waals surface area contributed by atoms with Crippen LogP contribution in [-0.4, -0.2) is 20.5 Å². The molecule has 3 heterocycles. The zero-order valence-electron chi connectivity index (χ0n) is 14.2. The lowest BCUT2D eigenvalue weighted by atomic mass is 9.80. The Balaban J connectivity index is 1.65. The fourth-order valence-electron chi connectivity index (χ4n) is 3.94. The van der Waals surface area contributed by atoms with E-state index in [1.165, 1.54) is 4.88 Å². The SMILES string of the molecule is Nc1nc2n(n1)C(c1cccc(Cl)c1)C1=C(CC(c3cccs3)CC1=O)N2. The Labute approximate surface area is 164 Å². The van der Waals surface area contributed by atoms with Crippen molar-refractivity contribution in [3.05, 3.63) is 68.5 Å². The summed E-state index contributed by atoms with van der Waals surface area (Å²) in [6, 6.07) is 11.2. The van der Waals surface area contributed by atoms with Gasteiger partial charge in [-0.05, 0) is 35.6 Å². The van der Waals surface area contributed by atoms with Crippen LogP contribution in [0.5, 0.6) is 0 Å². The number of rotatable bonds is 2. The number of fused-ring (bicyclic) bond motifs is 1. The molecule has 5 rings (SSSR count). The maximum Gasteiger partial charge on any atom is 0.241 e. The van der Waals surface area contributed by atoms with Gasteiger partial charge in [0.15, 0.2) is 5.78 Å². The van der Waals surface area contributed by atoms with E-state index >= 15 is 0 Å². The van der Waals surface area contributed by atoms with Gasteiger partial charge in [0.25, 0.3) is 0 Å². The fraction of sp³-hybridized carbons (Fsp3) is 0.211. The molecule has 0 spiro atoms. The number of Topliss-reactive ketones (excluding diaryl/α,β-unsaturated/α-hetero) is 1. The van der Waals surface area contributed by atoms with Gasteiger partial charge in [-0.2, -0.15) is 4.98 Å². The number of hydrogen-bond acceptors (Lipinski definition) is 6. The molecule has 3 N–H and O–H groups in total. The number of aromatic nitrogens is 3. The third-order valence-corrected chi connectivity index (χ3v) is 6.32. The molecule has 2 atom stereocenters. The van der Waals surface area contributed by atoms with E-state index in [1.807, 2.05) is 35.7 Å². The second-order valence-electron chi connectivity index (χ2n) is 6.76. The van der Waals surface area contributed by atoms with Crippen LogP contribution in [0.2, 0.25) is 5.02 Å². The lowest BCUT2D eigenvalue weighted by Crippen LogP contribution is -2.33. The first-order valence-corrected chi connectivity index (χ1v) is 9.90. The summed E-state index contributed by atoms with van der Waals surface area (Å²) in [4.78, 5) is 18.7. The van der Waals surface area contributed by atoms with Crippen LogP contribution < -0.4 is 11.1 Å². The Hall–Kier alpha value is -2.64. The molecule has 0 amide bonds. The Morgan fingerprint density at radius 2 is 2.15 bits per heavy atom. The van der Waals surface area contributed by atoms with E-state index in [0.717, 1.165) is 23.3 Å². The van der Waals surface area contributed by atoms with Gasteiger partial charge in [-0.15, -0.1) is 16.4 Å². The van der Waals surface area contributed by atoms with Crippen molar-refractivity contribution in [2.24, 2.45) is 0 Å². The van der Waals surface area contributed by atoms with E-state index in [2.05, 4.69) is 21.5 Å². The topological polar surface area (TPSA) is 85.8 Å². The van der Waals surface area contributed by atoms with E-state index in [9.17, 15) is 4.79 Å². The summed E-state index contributed by atoms with van der Waals surface area (Å²) in [6.45, 7) is 0. The number of halogens is 1. The Morgan fingerprint density at radius 3 is 2.93 bits per heavy atom. The maximum atomic E-state index is 13.2. The van der Waals surface area contributed by atoms with Crippen molar-refractivity contribution in [2.75, 3.05) is 11.1 Å². The molecule has 0 saturated carbocycles. The largest absolute Gasteiger partial charge is 0.366 e. The Morgan fingerprint density at radius 1 is 1.26 bits per heavy atom. The van der Waals surface area contributed by atoms with E-state index in [-0.39, 0.29) is 23.7 Å². The number of thiophene rings is 1. The minimum Gasteiger partial charge on any atom is -0.366 e. The number of nitrogens with one attached hydrogen (secondary N) is 1. The van der Waals surface area contributed by atoms with Crippen LogP contribution in [0.15, 0.2) is 53.0 Å². The zero-order chi connectivity index (χ0) is 18.5. The highest BCUT2D eigenvalue weighted by molar-refractivity contribution is 7.10. The average Bonchev–Trinajstić information content (AvgIpc) is 3.28. The van der Waals surface area contributed by atoms with E-state index in [1.54, 1.807) is 16.0 Å². The molecule has 27 heavy (non-hydrogen) atoms. The van der Waals surface area contributed by atoms with Crippen LogP contribution in [0.3, 0.4) is 0 Å². The van der Waals surface area contributed by atoms with Gasteiger partial charge < -0.3 is 11.1 Å². The van der Waals surface area contributed by atoms with Gasteiger partial charge in [-0.1, -0.05) is 29.8 Å². The highest BCUT2D eigenvalue weighted by Crippen LogP contribution is 2.45. The quantitative estimate of drug-likeness (QED) is 0.682. The van der Waals surface area contributed by atoms with Gasteiger partial charge in [0.1, 0.15) is 6.04 Å². The van der Waals surface area contributed by atoms with Crippen LogP contribution >= 0.6 is 22.9 Å². The van der Waals surface area contributed by atoms with Crippen LogP contribution in [0.4, 0.5) is 11.9 Å². The summed E-state index contributed by atoms with van der Waals surface area (Å²) in [5.74, 6) is 1.02. The molecular formula is C19H16ClN5OS. The van der Waals surface area contributed by atoms with Gasteiger partial charge in [-0.3, -0.25) is 4.79 Å². The fourth-order valence-corrected chi connectivity index (χ4v) is 4.97. The second-order valence-corrected chi connectivity index (χ2v) is 8.17. The molecule has 1 aliphatic carbocycles. The normalized spacial score (nSPS) is 21.6. The third kappa shape index (κ3) is 2.74. The second kappa shape index (κ2) is 6.21. The van der Waals surface area contributed by atoms with E-state index in [4.69, 9.17) is 17.3 Å². The van der Waals surface area contributed by atoms with Crippen molar-refractivity contribution in [1.29, 1.82) is 0 Å². The number of hydrogen-bond donors (Lipinski definition) is 2. The molecule has 1 aromatic carbocycles. The minimum atomic E-state index is -0.378. The summed E-state index contributed by atoms with van der Waals surface area (Å²) in [7, 11) is 0. The molecule has 1 aliphatic heterocycles.